The third-order valence-corrected chi connectivity index (χ3v) is 2.88. The van der Waals surface area contributed by atoms with Gasteiger partial charge in [-0.1, -0.05) is 34.1 Å². The van der Waals surface area contributed by atoms with Crippen molar-refractivity contribution in [1.29, 1.82) is 0 Å². The first kappa shape index (κ1) is 9.46. The summed E-state index contributed by atoms with van der Waals surface area (Å²) >= 11 is 3.17. The second-order valence-electron chi connectivity index (χ2n) is 3.23. The second kappa shape index (κ2) is 3.58. The first-order chi connectivity index (χ1) is 6.74. The number of aromatic amines is 1. The number of ketones is 1. The van der Waals surface area contributed by atoms with Gasteiger partial charge in [-0.3, -0.25) is 4.79 Å². The van der Waals surface area contributed by atoms with E-state index in [9.17, 15) is 4.79 Å². The Hall–Kier alpha value is -1.09. The maximum Gasteiger partial charge on any atom is 0.189 e. The Morgan fingerprint density at radius 1 is 1.43 bits per heavy atom. The molecule has 2 rings (SSSR count). The van der Waals surface area contributed by atoms with Crippen molar-refractivity contribution in [2.45, 2.75) is 6.92 Å². The van der Waals surface area contributed by atoms with Crippen molar-refractivity contribution >= 4 is 32.6 Å². The number of hydrogen-bond donors (Lipinski definition) is 1. The monoisotopic (exact) mass is 251 g/mol. The molecule has 0 atom stereocenters. The molecule has 3 heteroatoms. The van der Waals surface area contributed by atoms with Crippen molar-refractivity contribution in [3.8, 4) is 0 Å². The lowest BCUT2D eigenvalue weighted by atomic mass is 10.1. The molecule has 1 heterocycles. The number of benzene rings is 1. The van der Waals surface area contributed by atoms with Crippen LogP contribution in [0.4, 0.5) is 0 Å². The van der Waals surface area contributed by atoms with Gasteiger partial charge in [0.05, 0.1) is 11.0 Å². The molecular formula is C11H10BrNO. The minimum absolute atomic E-state index is 0.0960. The van der Waals surface area contributed by atoms with Gasteiger partial charge in [-0.05, 0) is 18.6 Å². The van der Waals surface area contributed by atoms with Crippen LogP contribution >= 0.6 is 15.9 Å². The normalized spacial score (nSPS) is 10.7. The molecule has 72 valence electrons. The predicted molar refractivity (Wildman–Crippen MR) is 61.2 cm³/mol. The molecular weight excluding hydrogens is 242 g/mol. The van der Waals surface area contributed by atoms with Gasteiger partial charge >= 0.3 is 0 Å². The lowest BCUT2D eigenvalue weighted by Gasteiger charge is -1.93. The van der Waals surface area contributed by atoms with Crippen LogP contribution in [0.25, 0.3) is 10.9 Å². The number of carbonyl (C=O) groups excluding carboxylic acids is 1. The number of hydrogen-bond acceptors (Lipinski definition) is 1. The summed E-state index contributed by atoms with van der Waals surface area (Å²) in [5.74, 6) is 0.0960. The number of para-hydroxylation sites is 1. The molecule has 0 aliphatic heterocycles. The third-order valence-electron chi connectivity index (χ3n) is 2.37. The van der Waals surface area contributed by atoms with Gasteiger partial charge in [0, 0.05) is 10.9 Å². The van der Waals surface area contributed by atoms with E-state index in [4.69, 9.17) is 0 Å². The van der Waals surface area contributed by atoms with Crippen LogP contribution in [0.15, 0.2) is 24.3 Å². The van der Waals surface area contributed by atoms with Crippen molar-refractivity contribution < 1.29 is 4.79 Å². The smallest absolute Gasteiger partial charge is 0.189 e. The van der Waals surface area contributed by atoms with Crippen molar-refractivity contribution in [2.24, 2.45) is 0 Å². The Labute approximate surface area is 90.4 Å². The molecule has 0 saturated carbocycles. The van der Waals surface area contributed by atoms with E-state index in [-0.39, 0.29) is 5.78 Å². The van der Waals surface area contributed by atoms with Crippen molar-refractivity contribution in [3.05, 3.63) is 35.5 Å². The molecule has 0 fully saturated rings. The molecule has 0 spiro atoms. The number of aryl methyl sites for hydroxylation is 1. The van der Waals surface area contributed by atoms with Crippen LogP contribution in [-0.4, -0.2) is 16.1 Å². The molecule has 0 bridgehead atoms. The van der Waals surface area contributed by atoms with Gasteiger partial charge in [-0.15, -0.1) is 0 Å². The van der Waals surface area contributed by atoms with Crippen molar-refractivity contribution in [2.75, 3.05) is 5.33 Å². The number of rotatable bonds is 2. The van der Waals surface area contributed by atoms with E-state index in [0.29, 0.717) is 11.0 Å². The van der Waals surface area contributed by atoms with E-state index in [0.717, 1.165) is 16.5 Å². The molecule has 14 heavy (non-hydrogen) atoms. The van der Waals surface area contributed by atoms with Gasteiger partial charge in [0.25, 0.3) is 0 Å². The Morgan fingerprint density at radius 3 is 2.79 bits per heavy atom. The average Bonchev–Trinajstić information content (AvgIpc) is 2.56. The molecule has 0 amide bonds. The summed E-state index contributed by atoms with van der Waals surface area (Å²) < 4.78 is 0. The number of alkyl halides is 1. The molecule has 1 N–H and O–H groups in total. The number of fused-ring (bicyclic) bond motifs is 1. The van der Waals surface area contributed by atoms with E-state index in [1.54, 1.807) is 0 Å². The van der Waals surface area contributed by atoms with Crippen LogP contribution in [-0.2, 0) is 0 Å². The molecule has 1 aromatic heterocycles. The van der Waals surface area contributed by atoms with Gasteiger partial charge in [0.15, 0.2) is 5.78 Å². The Bertz CT molecular complexity index is 487. The first-order valence-electron chi connectivity index (χ1n) is 4.40. The van der Waals surface area contributed by atoms with E-state index in [1.165, 1.54) is 0 Å². The number of carbonyl (C=O) groups is 1. The molecule has 0 saturated heterocycles. The van der Waals surface area contributed by atoms with Crippen LogP contribution in [0.5, 0.6) is 0 Å². The summed E-state index contributed by atoms with van der Waals surface area (Å²) in [4.78, 5) is 14.7. The zero-order valence-electron chi connectivity index (χ0n) is 7.80. The van der Waals surface area contributed by atoms with Crippen LogP contribution < -0.4 is 0 Å². The lowest BCUT2D eigenvalue weighted by molar-refractivity contribution is 0.101. The Morgan fingerprint density at radius 2 is 2.14 bits per heavy atom. The van der Waals surface area contributed by atoms with Gasteiger partial charge in [-0.25, -0.2) is 0 Å². The molecule has 0 radical (unpaired) electrons. The molecule has 0 aliphatic carbocycles. The zero-order chi connectivity index (χ0) is 10.1. The van der Waals surface area contributed by atoms with Gasteiger partial charge < -0.3 is 4.98 Å². The fourth-order valence-electron chi connectivity index (χ4n) is 1.63. The van der Waals surface area contributed by atoms with Crippen LogP contribution in [0.3, 0.4) is 0 Å². The largest absolute Gasteiger partial charge is 0.352 e. The molecule has 0 unspecified atom stereocenters. The van der Waals surface area contributed by atoms with Crippen LogP contribution in [0.1, 0.15) is 16.1 Å². The summed E-state index contributed by atoms with van der Waals surface area (Å²) in [5.41, 5.74) is 2.77. The van der Waals surface area contributed by atoms with E-state index >= 15 is 0 Å². The summed E-state index contributed by atoms with van der Waals surface area (Å²) in [6, 6.07) is 7.94. The minimum Gasteiger partial charge on any atom is -0.352 e. The summed E-state index contributed by atoms with van der Waals surface area (Å²) in [6.45, 7) is 1.97. The Balaban J connectivity index is 2.68. The van der Waals surface area contributed by atoms with Crippen LogP contribution in [0.2, 0.25) is 0 Å². The fraction of sp³-hybridized carbons (Fsp3) is 0.182. The lowest BCUT2D eigenvalue weighted by Crippen LogP contribution is -2.01. The number of nitrogens with one attached hydrogen (secondary N) is 1. The van der Waals surface area contributed by atoms with Gasteiger partial charge in [0.1, 0.15) is 0 Å². The quantitative estimate of drug-likeness (QED) is 0.646. The summed E-state index contributed by atoms with van der Waals surface area (Å²) in [5, 5.41) is 1.48. The van der Waals surface area contributed by atoms with E-state index < -0.39 is 0 Å². The predicted octanol–water partition coefficient (Wildman–Crippen LogP) is 3.05. The summed E-state index contributed by atoms with van der Waals surface area (Å²) in [7, 11) is 0. The standard InChI is InChI=1S/C11H10BrNO/c1-7-8-4-2-3-5-9(8)13-11(7)10(14)6-12/h2-5,13H,6H2,1H3. The number of Topliss-reactive ketones (excluding diaryl/α,β-unsaturated/α-hetero) is 1. The second-order valence-corrected chi connectivity index (χ2v) is 3.79. The zero-order valence-corrected chi connectivity index (χ0v) is 9.39. The highest BCUT2D eigenvalue weighted by Crippen LogP contribution is 2.21. The highest BCUT2D eigenvalue weighted by atomic mass is 79.9. The van der Waals surface area contributed by atoms with Crippen molar-refractivity contribution in [3.63, 3.8) is 0 Å². The summed E-state index contributed by atoms with van der Waals surface area (Å²) in [6.07, 6.45) is 0. The highest BCUT2D eigenvalue weighted by Gasteiger charge is 2.12. The number of H-pyrrole nitrogens is 1. The maximum atomic E-state index is 11.5. The molecule has 0 aliphatic rings. The van der Waals surface area contributed by atoms with E-state index in [1.807, 2.05) is 31.2 Å². The van der Waals surface area contributed by atoms with Crippen LogP contribution in [0, 0.1) is 6.92 Å². The highest BCUT2D eigenvalue weighted by molar-refractivity contribution is 9.09. The minimum atomic E-state index is 0.0960. The van der Waals surface area contributed by atoms with Gasteiger partial charge in [0.2, 0.25) is 0 Å². The van der Waals surface area contributed by atoms with Gasteiger partial charge in [-0.2, -0.15) is 0 Å². The van der Waals surface area contributed by atoms with Crippen molar-refractivity contribution in [1.82, 2.24) is 4.98 Å². The molecule has 1 aromatic carbocycles. The molecule has 2 aromatic rings. The SMILES string of the molecule is Cc1c(C(=O)CBr)[nH]c2ccccc12. The number of aromatic nitrogens is 1. The first-order valence-corrected chi connectivity index (χ1v) is 5.52. The fourth-order valence-corrected chi connectivity index (χ4v) is 1.91. The van der Waals surface area contributed by atoms with E-state index in [2.05, 4.69) is 20.9 Å². The average molecular weight is 252 g/mol. The third kappa shape index (κ3) is 1.38. The number of halogens is 1. The maximum absolute atomic E-state index is 11.5. The molecule has 2 nitrogen and oxygen atoms in total. The topological polar surface area (TPSA) is 32.9 Å². The Kier molecular flexibility index (Phi) is 2.42.